The lowest BCUT2D eigenvalue weighted by atomic mass is 10.1. The molecule has 0 fully saturated rings. The van der Waals surface area contributed by atoms with E-state index in [-0.39, 0.29) is 6.07 Å². The molecule has 112 valence electrons. The van der Waals surface area contributed by atoms with Crippen molar-refractivity contribution < 1.29 is 37.3 Å². The van der Waals surface area contributed by atoms with Crippen molar-refractivity contribution in [1.82, 2.24) is 0 Å². The highest BCUT2D eigenvalue weighted by molar-refractivity contribution is 5.73. The zero-order chi connectivity index (χ0) is 15.4. The zero-order valence-electron chi connectivity index (χ0n) is 9.95. The second-order valence-electron chi connectivity index (χ2n) is 3.94. The number of benzene rings is 1. The molecule has 0 aliphatic rings. The van der Waals surface area contributed by atoms with Crippen molar-refractivity contribution in [3.63, 3.8) is 0 Å². The van der Waals surface area contributed by atoms with Crippen LogP contribution in [-0.2, 0) is 4.79 Å². The van der Waals surface area contributed by atoms with Crippen molar-refractivity contribution in [2.24, 2.45) is 5.73 Å². The van der Waals surface area contributed by atoms with Crippen LogP contribution in [-0.4, -0.2) is 34.9 Å². The standard InChI is InChI=1S/C11H11F4NO4/c12-5-2-6(13)9(15)10(8(5)14)20-3-4(17)1-7(16)11(18)19/h2,4,7,17H,1,3,16H2,(H,18,19). The maximum Gasteiger partial charge on any atom is 0.320 e. The van der Waals surface area contributed by atoms with Crippen LogP contribution in [0, 0.1) is 23.3 Å². The van der Waals surface area contributed by atoms with Crippen LogP contribution in [0.2, 0.25) is 0 Å². The van der Waals surface area contributed by atoms with E-state index in [1.165, 1.54) is 0 Å². The number of aliphatic hydroxyl groups excluding tert-OH is 1. The summed E-state index contributed by atoms with van der Waals surface area (Å²) < 4.78 is 56.5. The van der Waals surface area contributed by atoms with Gasteiger partial charge in [-0.3, -0.25) is 4.79 Å². The first-order valence-electron chi connectivity index (χ1n) is 5.36. The van der Waals surface area contributed by atoms with Crippen LogP contribution >= 0.6 is 0 Å². The number of nitrogens with two attached hydrogens (primary N) is 1. The maximum absolute atomic E-state index is 13.2. The Kier molecular flexibility index (Phi) is 5.28. The fraction of sp³-hybridized carbons (Fsp3) is 0.364. The molecular weight excluding hydrogens is 286 g/mol. The molecule has 5 nitrogen and oxygen atoms in total. The van der Waals surface area contributed by atoms with Crippen LogP contribution in [0.5, 0.6) is 5.75 Å². The summed E-state index contributed by atoms with van der Waals surface area (Å²) in [4.78, 5) is 10.4. The Labute approximate surface area is 110 Å². The number of halogens is 4. The molecule has 0 saturated carbocycles. The van der Waals surface area contributed by atoms with E-state index in [1.54, 1.807) is 0 Å². The summed E-state index contributed by atoms with van der Waals surface area (Å²) >= 11 is 0. The highest BCUT2D eigenvalue weighted by Gasteiger charge is 2.23. The normalized spacial score (nSPS) is 13.9. The lowest BCUT2D eigenvalue weighted by Gasteiger charge is -2.15. The molecule has 2 atom stereocenters. The Morgan fingerprint density at radius 3 is 2.20 bits per heavy atom. The average molecular weight is 297 g/mol. The SMILES string of the molecule is NC(CC(O)COc1c(F)c(F)cc(F)c1F)C(=O)O. The van der Waals surface area contributed by atoms with Crippen LogP contribution in [0.4, 0.5) is 17.6 Å². The minimum atomic E-state index is -1.75. The number of ether oxygens (including phenoxy) is 1. The van der Waals surface area contributed by atoms with E-state index in [2.05, 4.69) is 4.74 Å². The van der Waals surface area contributed by atoms with Crippen molar-refractivity contribution in [2.75, 3.05) is 6.61 Å². The number of rotatable bonds is 6. The highest BCUT2D eigenvalue weighted by atomic mass is 19.2. The van der Waals surface area contributed by atoms with Crippen LogP contribution in [0.25, 0.3) is 0 Å². The number of hydrogen-bond donors (Lipinski definition) is 3. The van der Waals surface area contributed by atoms with Crippen molar-refractivity contribution in [1.29, 1.82) is 0 Å². The fourth-order valence-corrected chi connectivity index (χ4v) is 1.32. The second-order valence-corrected chi connectivity index (χ2v) is 3.94. The largest absolute Gasteiger partial charge is 0.485 e. The third kappa shape index (κ3) is 3.81. The van der Waals surface area contributed by atoms with Crippen molar-refractivity contribution >= 4 is 5.97 Å². The van der Waals surface area contributed by atoms with E-state index >= 15 is 0 Å². The van der Waals surface area contributed by atoms with Gasteiger partial charge in [0.2, 0.25) is 11.6 Å². The predicted octanol–water partition coefficient (Wildman–Crippen LogP) is 0.785. The first-order chi connectivity index (χ1) is 9.23. The summed E-state index contributed by atoms with van der Waals surface area (Å²) in [7, 11) is 0. The van der Waals surface area contributed by atoms with Gasteiger partial charge in [0.15, 0.2) is 17.4 Å². The van der Waals surface area contributed by atoms with Gasteiger partial charge in [-0.2, -0.15) is 8.78 Å². The molecule has 0 aromatic heterocycles. The van der Waals surface area contributed by atoms with E-state index in [1.807, 2.05) is 0 Å². The molecule has 4 N–H and O–H groups in total. The van der Waals surface area contributed by atoms with Crippen LogP contribution in [0.3, 0.4) is 0 Å². The number of carboxylic acid groups (broad SMARTS) is 1. The molecule has 0 amide bonds. The zero-order valence-corrected chi connectivity index (χ0v) is 9.95. The topological polar surface area (TPSA) is 92.8 Å². The third-order valence-corrected chi connectivity index (χ3v) is 2.33. The first kappa shape index (κ1) is 16.2. The van der Waals surface area contributed by atoms with Gasteiger partial charge in [0.25, 0.3) is 0 Å². The minimum absolute atomic E-state index is 0.00823. The van der Waals surface area contributed by atoms with Gasteiger partial charge < -0.3 is 20.7 Å². The summed E-state index contributed by atoms with van der Waals surface area (Å²) in [6.07, 6.45) is -1.94. The van der Waals surface area contributed by atoms with E-state index in [4.69, 9.17) is 10.8 Å². The molecular formula is C11H11F4NO4. The minimum Gasteiger partial charge on any atom is -0.485 e. The molecule has 1 rings (SSSR count). The van der Waals surface area contributed by atoms with E-state index in [9.17, 15) is 27.5 Å². The lowest BCUT2D eigenvalue weighted by molar-refractivity contribution is -0.139. The Bertz CT molecular complexity index is 485. The molecule has 9 heteroatoms. The Morgan fingerprint density at radius 2 is 1.75 bits per heavy atom. The molecule has 0 aliphatic heterocycles. The van der Waals surface area contributed by atoms with E-state index < -0.39 is 60.2 Å². The first-order valence-corrected chi connectivity index (χ1v) is 5.36. The molecule has 1 aromatic carbocycles. The maximum atomic E-state index is 13.2. The van der Waals surface area contributed by atoms with Gasteiger partial charge in [-0.05, 0) is 0 Å². The quantitative estimate of drug-likeness (QED) is 0.533. The lowest BCUT2D eigenvalue weighted by Crippen LogP contribution is -2.36. The summed E-state index contributed by atoms with van der Waals surface area (Å²) in [5, 5.41) is 17.8. The summed E-state index contributed by atoms with van der Waals surface area (Å²) in [6, 6.07) is -1.40. The summed E-state index contributed by atoms with van der Waals surface area (Å²) in [5.41, 5.74) is 5.11. The molecule has 0 heterocycles. The molecule has 0 spiro atoms. The third-order valence-electron chi connectivity index (χ3n) is 2.33. The monoisotopic (exact) mass is 297 g/mol. The number of aliphatic carboxylic acids is 1. The van der Waals surface area contributed by atoms with E-state index in [0.29, 0.717) is 0 Å². The molecule has 2 unspecified atom stereocenters. The Hall–Kier alpha value is -1.87. The molecule has 0 aliphatic carbocycles. The van der Waals surface area contributed by atoms with Crippen LogP contribution in [0.15, 0.2) is 6.07 Å². The van der Waals surface area contributed by atoms with Gasteiger partial charge in [-0.1, -0.05) is 0 Å². The number of aliphatic hydroxyl groups is 1. The van der Waals surface area contributed by atoms with Crippen LogP contribution < -0.4 is 10.5 Å². The van der Waals surface area contributed by atoms with Gasteiger partial charge in [0, 0.05) is 12.5 Å². The summed E-state index contributed by atoms with van der Waals surface area (Å²) in [6.45, 7) is -0.780. The molecule has 0 bridgehead atoms. The molecule has 1 aromatic rings. The van der Waals surface area contributed by atoms with Gasteiger partial charge in [-0.15, -0.1) is 0 Å². The van der Waals surface area contributed by atoms with Gasteiger partial charge in [-0.25, -0.2) is 8.78 Å². The molecule has 0 radical (unpaired) electrons. The van der Waals surface area contributed by atoms with Crippen molar-refractivity contribution in [2.45, 2.75) is 18.6 Å². The average Bonchev–Trinajstić information content (AvgIpc) is 2.36. The number of carboxylic acids is 1. The van der Waals surface area contributed by atoms with Gasteiger partial charge in [0.1, 0.15) is 12.6 Å². The smallest absolute Gasteiger partial charge is 0.320 e. The fourth-order valence-electron chi connectivity index (χ4n) is 1.32. The Balaban J connectivity index is 2.73. The van der Waals surface area contributed by atoms with Crippen LogP contribution in [0.1, 0.15) is 6.42 Å². The summed E-state index contributed by atoms with van der Waals surface area (Å²) in [5.74, 6) is -9.54. The predicted molar refractivity (Wildman–Crippen MR) is 58.0 cm³/mol. The van der Waals surface area contributed by atoms with E-state index in [0.717, 1.165) is 0 Å². The Morgan fingerprint density at radius 1 is 1.25 bits per heavy atom. The van der Waals surface area contributed by atoms with Crippen molar-refractivity contribution in [3.05, 3.63) is 29.3 Å². The number of hydrogen-bond acceptors (Lipinski definition) is 4. The highest BCUT2D eigenvalue weighted by Crippen LogP contribution is 2.26. The van der Waals surface area contributed by atoms with Crippen molar-refractivity contribution in [3.8, 4) is 5.75 Å². The van der Waals surface area contributed by atoms with Gasteiger partial charge >= 0.3 is 5.97 Å². The number of carbonyl (C=O) groups is 1. The molecule has 0 saturated heterocycles. The van der Waals surface area contributed by atoms with Gasteiger partial charge in [0.05, 0.1) is 6.10 Å². The molecule has 20 heavy (non-hydrogen) atoms. The second kappa shape index (κ2) is 6.53.